The molecular formula is C16H20N2. The molecule has 0 aliphatic carbocycles. The lowest BCUT2D eigenvalue weighted by Crippen LogP contribution is -2.12. The second-order valence-electron chi connectivity index (χ2n) is 5.14. The number of benzene rings is 2. The van der Waals surface area contributed by atoms with Crippen LogP contribution in [0, 0.1) is 5.92 Å². The van der Waals surface area contributed by atoms with Crippen LogP contribution in [0.1, 0.15) is 12.8 Å². The van der Waals surface area contributed by atoms with Gasteiger partial charge in [0, 0.05) is 12.2 Å². The minimum atomic E-state index is 0.859. The third kappa shape index (κ3) is 2.65. The van der Waals surface area contributed by atoms with Gasteiger partial charge in [-0.2, -0.15) is 0 Å². The van der Waals surface area contributed by atoms with E-state index in [1.165, 1.54) is 42.4 Å². The van der Waals surface area contributed by atoms with Gasteiger partial charge in [-0.05, 0) is 54.8 Å². The van der Waals surface area contributed by atoms with E-state index in [0.29, 0.717) is 0 Å². The van der Waals surface area contributed by atoms with Crippen LogP contribution in [0.3, 0.4) is 0 Å². The van der Waals surface area contributed by atoms with Crippen molar-refractivity contribution in [1.82, 2.24) is 5.32 Å². The Morgan fingerprint density at radius 3 is 2.83 bits per heavy atom. The van der Waals surface area contributed by atoms with E-state index in [4.69, 9.17) is 0 Å². The van der Waals surface area contributed by atoms with Crippen molar-refractivity contribution < 1.29 is 0 Å². The van der Waals surface area contributed by atoms with Gasteiger partial charge in [-0.3, -0.25) is 0 Å². The van der Waals surface area contributed by atoms with E-state index in [0.717, 1.165) is 12.5 Å². The molecule has 18 heavy (non-hydrogen) atoms. The topological polar surface area (TPSA) is 24.1 Å². The molecule has 0 amide bonds. The standard InChI is InChI=1S/C16H20N2/c1-2-4-15-11-16(6-5-14(15)3-1)18-10-8-13-7-9-17-12-13/h1-6,11,13,17-18H,7-10,12H2. The molecule has 2 aromatic carbocycles. The molecule has 2 nitrogen and oxygen atoms in total. The molecule has 1 heterocycles. The SMILES string of the molecule is c1ccc2cc(NCCC3CCNC3)ccc2c1. The lowest BCUT2D eigenvalue weighted by atomic mass is 10.1. The molecule has 2 N–H and O–H groups in total. The highest BCUT2D eigenvalue weighted by Gasteiger charge is 2.13. The summed E-state index contributed by atoms with van der Waals surface area (Å²) in [4.78, 5) is 0. The van der Waals surface area contributed by atoms with Crippen molar-refractivity contribution in [3.05, 3.63) is 42.5 Å². The molecule has 2 heteroatoms. The first-order chi connectivity index (χ1) is 8.92. The van der Waals surface area contributed by atoms with Crippen LogP contribution in [0.2, 0.25) is 0 Å². The van der Waals surface area contributed by atoms with Crippen molar-refractivity contribution in [1.29, 1.82) is 0 Å². The average molecular weight is 240 g/mol. The normalized spacial score (nSPS) is 19.2. The third-order valence-electron chi connectivity index (χ3n) is 3.79. The van der Waals surface area contributed by atoms with Crippen LogP contribution in [0.4, 0.5) is 5.69 Å². The summed E-state index contributed by atoms with van der Waals surface area (Å²) >= 11 is 0. The van der Waals surface area contributed by atoms with Gasteiger partial charge in [0.15, 0.2) is 0 Å². The maximum atomic E-state index is 3.54. The molecule has 1 aliphatic rings. The summed E-state index contributed by atoms with van der Waals surface area (Å²) in [5.41, 5.74) is 1.24. The zero-order valence-corrected chi connectivity index (χ0v) is 10.7. The minimum Gasteiger partial charge on any atom is -0.385 e. The summed E-state index contributed by atoms with van der Waals surface area (Å²) in [7, 11) is 0. The molecule has 1 saturated heterocycles. The second-order valence-corrected chi connectivity index (χ2v) is 5.14. The van der Waals surface area contributed by atoms with Crippen LogP contribution in [0.25, 0.3) is 10.8 Å². The summed E-state index contributed by atoms with van der Waals surface area (Å²) < 4.78 is 0. The largest absolute Gasteiger partial charge is 0.385 e. The molecule has 1 unspecified atom stereocenters. The fourth-order valence-corrected chi connectivity index (χ4v) is 2.68. The van der Waals surface area contributed by atoms with Crippen LogP contribution in [-0.2, 0) is 0 Å². The van der Waals surface area contributed by atoms with Crippen LogP contribution >= 0.6 is 0 Å². The predicted molar refractivity (Wildman–Crippen MR) is 78.0 cm³/mol. The maximum Gasteiger partial charge on any atom is 0.0346 e. The average Bonchev–Trinajstić information content (AvgIpc) is 2.92. The van der Waals surface area contributed by atoms with E-state index in [9.17, 15) is 0 Å². The quantitative estimate of drug-likeness (QED) is 0.857. The Morgan fingerprint density at radius 1 is 1.11 bits per heavy atom. The minimum absolute atomic E-state index is 0.859. The number of fused-ring (bicyclic) bond motifs is 1. The van der Waals surface area contributed by atoms with Crippen molar-refractivity contribution >= 4 is 16.5 Å². The highest BCUT2D eigenvalue weighted by Crippen LogP contribution is 2.19. The molecule has 0 radical (unpaired) electrons. The monoisotopic (exact) mass is 240 g/mol. The van der Waals surface area contributed by atoms with E-state index >= 15 is 0 Å². The van der Waals surface area contributed by atoms with Gasteiger partial charge in [-0.25, -0.2) is 0 Å². The fourth-order valence-electron chi connectivity index (χ4n) is 2.68. The molecule has 0 bridgehead atoms. The molecule has 1 atom stereocenters. The van der Waals surface area contributed by atoms with Gasteiger partial charge in [0.05, 0.1) is 0 Å². The Balaban J connectivity index is 1.60. The summed E-state index contributed by atoms with van der Waals surface area (Å²) in [5, 5.41) is 9.57. The first-order valence-corrected chi connectivity index (χ1v) is 6.85. The number of hydrogen-bond donors (Lipinski definition) is 2. The lowest BCUT2D eigenvalue weighted by molar-refractivity contribution is 0.549. The highest BCUT2D eigenvalue weighted by molar-refractivity contribution is 5.85. The Hall–Kier alpha value is -1.54. The van der Waals surface area contributed by atoms with Crippen molar-refractivity contribution in [2.45, 2.75) is 12.8 Å². The molecule has 1 aliphatic heterocycles. The van der Waals surface area contributed by atoms with Crippen LogP contribution in [0.15, 0.2) is 42.5 Å². The Bertz CT molecular complexity index is 515. The van der Waals surface area contributed by atoms with Gasteiger partial charge in [0.2, 0.25) is 0 Å². The lowest BCUT2D eigenvalue weighted by Gasteiger charge is -2.11. The van der Waals surface area contributed by atoms with E-state index in [1.807, 2.05) is 0 Å². The molecule has 3 rings (SSSR count). The van der Waals surface area contributed by atoms with Gasteiger partial charge < -0.3 is 10.6 Å². The van der Waals surface area contributed by atoms with E-state index < -0.39 is 0 Å². The first-order valence-electron chi connectivity index (χ1n) is 6.85. The molecule has 94 valence electrons. The number of anilines is 1. The van der Waals surface area contributed by atoms with Gasteiger partial charge in [-0.15, -0.1) is 0 Å². The van der Waals surface area contributed by atoms with Crippen molar-refractivity contribution in [3.8, 4) is 0 Å². The molecular weight excluding hydrogens is 220 g/mol. The molecule has 0 aromatic heterocycles. The molecule has 0 spiro atoms. The number of hydrogen-bond acceptors (Lipinski definition) is 2. The number of rotatable bonds is 4. The summed E-state index contributed by atoms with van der Waals surface area (Å²) in [5.74, 6) is 0.859. The maximum absolute atomic E-state index is 3.54. The first kappa shape index (κ1) is 11.5. The fraction of sp³-hybridized carbons (Fsp3) is 0.375. The Morgan fingerprint density at radius 2 is 2.00 bits per heavy atom. The van der Waals surface area contributed by atoms with Crippen LogP contribution in [0.5, 0.6) is 0 Å². The molecule has 2 aromatic rings. The third-order valence-corrected chi connectivity index (χ3v) is 3.79. The predicted octanol–water partition coefficient (Wildman–Crippen LogP) is 3.25. The summed E-state index contributed by atoms with van der Waals surface area (Å²) in [6, 6.07) is 15.1. The zero-order chi connectivity index (χ0) is 12.2. The number of nitrogens with one attached hydrogen (secondary N) is 2. The second kappa shape index (κ2) is 5.40. The Labute approximate surface area is 108 Å². The van der Waals surface area contributed by atoms with E-state index in [-0.39, 0.29) is 0 Å². The molecule has 1 fully saturated rings. The van der Waals surface area contributed by atoms with Gasteiger partial charge >= 0.3 is 0 Å². The van der Waals surface area contributed by atoms with Crippen molar-refractivity contribution in [2.24, 2.45) is 5.92 Å². The smallest absolute Gasteiger partial charge is 0.0346 e. The highest BCUT2D eigenvalue weighted by atomic mass is 14.9. The summed E-state index contributed by atoms with van der Waals surface area (Å²) in [6.07, 6.45) is 2.60. The summed E-state index contributed by atoms with van der Waals surface area (Å²) in [6.45, 7) is 3.46. The van der Waals surface area contributed by atoms with Crippen LogP contribution in [-0.4, -0.2) is 19.6 Å². The van der Waals surface area contributed by atoms with Crippen LogP contribution < -0.4 is 10.6 Å². The van der Waals surface area contributed by atoms with Gasteiger partial charge in [0.1, 0.15) is 0 Å². The zero-order valence-electron chi connectivity index (χ0n) is 10.7. The van der Waals surface area contributed by atoms with Gasteiger partial charge in [-0.1, -0.05) is 30.3 Å². The van der Waals surface area contributed by atoms with E-state index in [2.05, 4.69) is 53.1 Å². The van der Waals surface area contributed by atoms with Crippen molar-refractivity contribution in [3.63, 3.8) is 0 Å². The van der Waals surface area contributed by atoms with E-state index in [1.54, 1.807) is 0 Å². The van der Waals surface area contributed by atoms with Gasteiger partial charge in [0.25, 0.3) is 0 Å². The van der Waals surface area contributed by atoms with Crippen molar-refractivity contribution in [2.75, 3.05) is 25.0 Å². The molecule has 0 saturated carbocycles. The Kier molecular flexibility index (Phi) is 3.47.